The van der Waals surface area contributed by atoms with Crippen LogP contribution in [0.4, 0.5) is 0 Å². The summed E-state index contributed by atoms with van der Waals surface area (Å²) in [6.07, 6.45) is 0. The molecule has 0 N–H and O–H groups in total. The Kier molecular flexibility index (Phi) is 16.4. The molecule has 0 atom stereocenters. The molecule has 0 saturated heterocycles. The van der Waals surface area contributed by atoms with Crippen molar-refractivity contribution in [3.63, 3.8) is 0 Å². The maximum Gasteiger partial charge on any atom is 0.0156 e. The SMILES string of the molecule is ClC=CCl.[Fe]. The van der Waals surface area contributed by atoms with Crippen LogP contribution in [-0.4, -0.2) is 0 Å². The molecule has 32 valence electrons. The predicted molar refractivity (Wildman–Crippen MR) is 20.8 cm³/mol. The topological polar surface area (TPSA) is 0 Å². The van der Waals surface area contributed by atoms with Crippen LogP contribution in [0, 0.1) is 0 Å². The summed E-state index contributed by atoms with van der Waals surface area (Å²) in [5, 5.41) is 0. The van der Waals surface area contributed by atoms with Gasteiger partial charge in [0, 0.05) is 28.1 Å². The molecule has 0 radical (unpaired) electrons. The van der Waals surface area contributed by atoms with Crippen molar-refractivity contribution < 1.29 is 17.1 Å². The van der Waals surface area contributed by atoms with Crippen LogP contribution < -0.4 is 0 Å². The summed E-state index contributed by atoms with van der Waals surface area (Å²) in [5.74, 6) is 0. The van der Waals surface area contributed by atoms with Gasteiger partial charge in [-0.25, -0.2) is 0 Å². The van der Waals surface area contributed by atoms with E-state index in [1.165, 1.54) is 11.1 Å². The summed E-state index contributed by atoms with van der Waals surface area (Å²) in [6, 6.07) is 0. The van der Waals surface area contributed by atoms with Gasteiger partial charge in [0.05, 0.1) is 0 Å². The number of hydrogen-bond acceptors (Lipinski definition) is 0. The predicted octanol–water partition coefficient (Wildman–Crippen LogP) is 1.93. The van der Waals surface area contributed by atoms with Gasteiger partial charge in [-0.3, -0.25) is 0 Å². The summed E-state index contributed by atoms with van der Waals surface area (Å²) in [7, 11) is 0. The van der Waals surface area contributed by atoms with Crippen molar-refractivity contribution in [3.8, 4) is 0 Å². The minimum absolute atomic E-state index is 0. The van der Waals surface area contributed by atoms with Gasteiger partial charge < -0.3 is 0 Å². The molecule has 0 saturated carbocycles. The molecule has 0 spiro atoms. The van der Waals surface area contributed by atoms with E-state index >= 15 is 0 Å². The zero-order valence-corrected chi connectivity index (χ0v) is 4.88. The molecule has 0 aromatic heterocycles. The third-order valence-corrected chi connectivity index (χ3v) is 0.429. The number of rotatable bonds is 0. The second-order valence-corrected chi connectivity index (χ2v) is 0.756. The Balaban J connectivity index is 0. The Bertz CT molecular complexity index is 22.8. The molecule has 0 aromatic carbocycles. The van der Waals surface area contributed by atoms with E-state index in [9.17, 15) is 0 Å². The largest absolute Gasteiger partial charge is 0.0920 e. The van der Waals surface area contributed by atoms with Crippen molar-refractivity contribution in [1.82, 2.24) is 0 Å². The van der Waals surface area contributed by atoms with Gasteiger partial charge in [0.2, 0.25) is 0 Å². The monoisotopic (exact) mass is 152 g/mol. The summed E-state index contributed by atoms with van der Waals surface area (Å²) in [4.78, 5) is 0. The summed E-state index contributed by atoms with van der Waals surface area (Å²) >= 11 is 9.75. The third kappa shape index (κ3) is 11.5. The van der Waals surface area contributed by atoms with Crippen molar-refractivity contribution in [3.05, 3.63) is 11.1 Å². The van der Waals surface area contributed by atoms with Crippen LogP contribution in [0.3, 0.4) is 0 Å². The summed E-state index contributed by atoms with van der Waals surface area (Å²) in [6.45, 7) is 0. The first-order valence-electron chi connectivity index (χ1n) is 0.770. The fourth-order valence-corrected chi connectivity index (χ4v) is 0. The normalized spacial score (nSPS) is 7.60. The van der Waals surface area contributed by atoms with Gasteiger partial charge in [-0.15, -0.1) is 0 Å². The molecule has 0 amide bonds. The van der Waals surface area contributed by atoms with Crippen LogP contribution in [-0.2, 0) is 17.1 Å². The second kappa shape index (κ2) is 8.85. The number of hydrogen-bond donors (Lipinski definition) is 0. The van der Waals surface area contributed by atoms with E-state index in [-0.39, 0.29) is 17.1 Å². The minimum Gasteiger partial charge on any atom is -0.0920 e. The Morgan fingerprint density at radius 1 is 1.00 bits per heavy atom. The van der Waals surface area contributed by atoms with Gasteiger partial charge in [0.25, 0.3) is 0 Å². The standard InChI is InChI=1S/C2H2Cl2.Fe/c3-1-2-4;/h1-2H;. The Morgan fingerprint density at radius 3 is 1.20 bits per heavy atom. The average molecular weight is 153 g/mol. The van der Waals surface area contributed by atoms with Crippen LogP contribution in [0.2, 0.25) is 0 Å². The van der Waals surface area contributed by atoms with Crippen molar-refractivity contribution in [2.24, 2.45) is 0 Å². The van der Waals surface area contributed by atoms with Gasteiger partial charge in [-0.2, -0.15) is 0 Å². The maximum atomic E-state index is 4.87. The van der Waals surface area contributed by atoms with Gasteiger partial charge in [-0.05, 0) is 0 Å². The van der Waals surface area contributed by atoms with E-state index < -0.39 is 0 Å². The van der Waals surface area contributed by atoms with Crippen molar-refractivity contribution in [1.29, 1.82) is 0 Å². The summed E-state index contributed by atoms with van der Waals surface area (Å²) in [5.41, 5.74) is 2.48. The molecule has 3 heteroatoms. The smallest absolute Gasteiger partial charge is 0.0156 e. The van der Waals surface area contributed by atoms with Crippen molar-refractivity contribution in [2.45, 2.75) is 0 Å². The molecule has 0 aliphatic carbocycles. The quantitative estimate of drug-likeness (QED) is 0.466. The zero-order chi connectivity index (χ0) is 3.41. The molecule has 0 aliphatic rings. The van der Waals surface area contributed by atoms with Crippen LogP contribution in [0.5, 0.6) is 0 Å². The van der Waals surface area contributed by atoms with E-state index in [1.807, 2.05) is 0 Å². The van der Waals surface area contributed by atoms with E-state index in [0.717, 1.165) is 0 Å². The van der Waals surface area contributed by atoms with E-state index in [4.69, 9.17) is 23.2 Å². The van der Waals surface area contributed by atoms with E-state index in [1.54, 1.807) is 0 Å². The first kappa shape index (κ1) is 9.28. The van der Waals surface area contributed by atoms with Crippen molar-refractivity contribution >= 4 is 23.2 Å². The zero-order valence-electron chi connectivity index (χ0n) is 2.26. The molecular weight excluding hydrogens is 151 g/mol. The molecule has 0 heterocycles. The average Bonchev–Trinajstić information content (AvgIpc) is 1.37. The van der Waals surface area contributed by atoms with E-state index in [0.29, 0.717) is 0 Å². The summed E-state index contributed by atoms with van der Waals surface area (Å²) < 4.78 is 0. The van der Waals surface area contributed by atoms with Crippen molar-refractivity contribution in [2.75, 3.05) is 0 Å². The molecular formula is C2H2Cl2Fe. The van der Waals surface area contributed by atoms with Gasteiger partial charge in [0.15, 0.2) is 0 Å². The fraction of sp³-hybridized carbons (Fsp3) is 0. The van der Waals surface area contributed by atoms with Gasteiger partial charge in [-0.1, -0.05) is 23.2 Å². The molecule has 0 aliphatic heterocycles. The number of halogens is 2. The van der Waals surface area contributed by atoms with Crippen LogP contribution in [0.15, 0.2) is 11.1 Å². The Hall–Kier alpha value is 0.839. The Morgan fingerprint density at radius 2 is 1.20 bits per heavy atom. The second-order valence-electron chi connectivity index (χ2n) is 0.252. The van der Waals surface area contributed by atoms with Crippen LogP contribution >= 0.6 is 23.2 Å². The van der Waals surface area contributed by atoms with Crippen LogP contribution in [0.1, 0.15) is 0 Å². The van der Waals surface area contributed by atoms with Gasteiger partial charge in [0.1, 0.15) is 0 Å². The molecule has 0 fully saturated rings. The molecule has 0 aromatic rings. The fourth-order valence-electron chi connectivity index (χ4n) is 0. The third-order valence-electron chi connectivity index (χ3n) is 0.0476. The molecule has 5 heavy (non-hydrogen) atoms. The minimum atomic E-state index is 0. The molecule has 0 rings (SSSR count). The first-order chi connectivity index (χ1) is 1.91. The maximum absolute atomic E-state index is 4.87. The van der Waals surface area contributed by atoms with Gasteiger partial charge >= 0.3 is 0 Å². The molecule has 0 bridgehead atoms. The molecule has 0 nitrogen and oxygen atoms in total. The van der Waals surface area contributed by atoms with Crippen LogP contribution in [0.25, 0.3) is 0 Å². The first-order valence-corrected chi connectivity index (χ1v) is 1.64. The van der Waals surface area contributed by atoms with E-state index in [2.05, 4.69) is 0 Å². The Labute approximate surface area is 51.6 Å². The molecule has 0 unspecified atom stereocenters.